The van der Waals surface area contributed by atoms with E-state index in [1.165, 1.54) is 36.8 Å². The quantitative estimate of drug-likeness (QED) is 0.605. The molecule has 0 saturated heterocycles. The van der Waals surface area contributed by atoms with Crippen LogP contribution in [0.1, 0.15) is 42.4 Å². The first kappa shape index (κ1) is 21.0. The Hall–Kier alpha value is -2.77. The number of sulfonamides is 1. The van der Waals surface area contributed by atoms with Crippen LogP contribution in [-0.4, -0.2) is 24.2 Å². The van der Waals surface area contributed by atoms with Gasteiger partial charge in [0.1, 0.15) is 12.0 Å². The summed E-state index contributed by atoms with van der Waals surface area (Å²) in [5.41, 5.74) is 1.28. The topological polar surface area (TPSA) is 89.0 Å². The lowest BCUT2D eigenvalue weighted by Gasteiger charge is -2.19. The van der Waals surface area contributed by atoms with Gasteiger partial charge >= 0.3 is 0 Å². The molecule has 0 spiro atoms. The third kappa shape index (κ3) is 4.81. The van der Waals surface area contributed by atoms with E-state index in [4.69, 9.17) is 11.6 Å². The van der Waals surface area contributed by atoms with Gasteiger partial charge in [0, 0.05) is 16.8 Å². The van der Waals surface area contributed by atoms with Crippen LogP contribution >= 0.6 is 11.6 Å². The van der Waals surface area contributed by atoms with E-state index in [2.05, 4.69) is 14.7 Å². The second-order valence-electron chi connectivity index (χ2n) is 7.49. The van der Waals surface area contributed by atoms with Gasteiger partial charge in [0.15, 0.2) is 0 Å². The number of nitrogens with zero attached hydrogens (tertiary/aromatic N) is 2. The predicted octanol–water partition coefficient (Wildman–Crippen LogP) is 4.46. The Morgan fingerprint density at radius 2 is 1.72 bits per heavy atom. The Morgan fingerprint density at radius 1 is 1.03 bits per heavy atom. The van der Waals surface area contributed by atoms with Crippen LogP contribution in [-0.2, 0) is 15.4 Å². The van der Waals surface area contributed by atoms with E-state index in [0.29, 0.717) is 5.02 Å². The maximum atomic E-state index is 12.9. The number of nitrogens with one attached hydrogen (secondary N) is 1. The Morgan fingerprint density at radius 3 is 2.31 bits per heavy atom. The number of hydrogen-bond donors (Lipinski definition) is 1. The fourth-order valence-corrected chi connectivity index (χ4v) is 3.95. The average Bonchev–Trinajstić information content (AvgIpc) is 2.69. The lowest BCUT2D eigenvalue weighted by Crippen LogP contribution is -2.17. The Balaban J connectivity index is 1.96. The van der Waals surface area contributed by atoms with Crippen LogP contribution in [0.2, 0.25) is 5.02 Å². The van der Waals surface area contributed by atoms with E-state index in [0.717, 1.165) is 5.56 Å². The van der Waals surface area contributed by atoms with Gasteiger partial charge in [0.2, 0.25) is 5.78 Å². The maximum absolute atomic E-state index is 12.9. The van der Waals surface area contributed by atoms with Crippen LogP contribution in [0.5, 0.6) is 0 Å². The van der Waals surface area contributed by atoms with Crippen molar-refractivity contribution >= 4 is 33.1 Å². The summed E-state index contributed by atoms with van der Waals surface area (Å²) in [4.78, 5) is 20.6. The number of carbonyl (C=O) groups excluding carboxylic acids is 1. The summed E-state index contributed by atoms with van der Waals surface area (Å²) in [5.74, 6) is -0.462. The van der Waals surface area contributed by atoms with Gasteiger partial charge in [-0.3, -0.25) is 9.52 Å². The second-order valence-corrected chi connectivity index (χ2v) is 9.61. The molecule has 0 aliphatic heterocycles. The average molecular weight is 430 g/mol. The molecule has 3 rings (SSSR count). The van der Waals surface area contributed by atoms with Gasteiger partial charge in [-0.25, -0.2) is 18.4 Å². The van der Waals surface area contributed by atoms with Gasteiger partial charge in [0.05, 0.1) is 10.6 Å². The number of anilines is 1. The van der Waals surface area contributed by atoms with Crippen molar-refractivity contribution in [2.24, 2.45) is 0 Å². The first-order chi connectivity index (χ1) is 13.6. The molecule has 1 N–H and O–H groups in total. The van der Waals surface area contributed by atoms with Crippen LogP contribution in [0.25, 0.3) is 0 Å². The zero-order valence-electron chi connectivity index (χ0n) is 16.2. The van der Waals surface area contributed by atoms with Crippen LogP contribution in [0, 0.1) is 0 Å². The molecule has 0 aliphatic carbocycles. The molecule has 3 aromatic rings. The summed E-state index contributed by atoms with van der Waals surface area (Å²) in [7, 11) is -3.90. The highest BCUT2D eigenvalue weighted by Crippen LogP contribution is 2.27. The number of halogens is 1. The van der Waals surface area contributed by atoms with Crippen molar-refractivity contribution < 1.29 is 13.2 Å². The summed E-state index contributed by atoms with van der Waals surface area (Å²) in [6.45, 7) is 6.15. The molecule has 0 amide bonds. The van der Waals surface area contributed by atoms with Crippen molar-refractivity contribution in [2.75, 3.05) is 4.72 Å². The predicted molar refractivity (Wildman–Crippen MR) is 113 cm³/mol. The van der Waals surface area contributed by atoms with Gasteiger partial charge in [-0.2, -0.15) is 0 Å². The minimum Gasteiger partial charge on any atom is -0.287 e. The number of aromatic nitrogens is 2. The Kier molecular flexibility index (Phi) is 5.73. The SMILES string of the molecule is CC(C)(C)c1ccc(S(=O)(=O)Nc2ccc(Cl)cc2C(=O)c2ccncn2)cc1. The van der Waals surface area contributed by atoms with Crippen molar-refractivity contribution in [1.29, 1.82) is 0 Å². The molecule has 0 fully saturated rings. The smallest absolute Gasteiger partial charge is 0.261 e. The lowest BCUT2D eigenvalue weighted by molar-refractivity contribution is 0.103. The van der Waals surface area contributed by atoms with Gasteiger partial charge in [-0.15, -0.1) is 0 Å². The first-order valence-electron chi connectivity index (χ1n) is 8.81. The zero-order valence-corrected chi connectivity index (χ0v) is 17.8. The summed E-state index contributed by atoms with van der Waals surface area (Å²) in [5, 5.41) is 0.305. The number of hydrogen-bond acceptors (Lipinski definition) is 5. The van der Waals surface area contributed by atoms with E-state index in [-0.39, 0.29) is 27.3 Å². The van der Waals surface area contributed by atoms with Crippen LogP contribution in [0.15, 0.2) is 66.0 Å². The lowest BCUT2D eigenvalue weighted by atomic mass is 9.87. The fourth-order valence-electron chi connectivity index (χ4n) is 2.69. The molecular formula is C21H20ClN3O3S. The molecule has 29 heavy (non-hydrogen) atoms. The molecule has 1 heterocycles. The summed E-state index contributed by atoms with van der Waals surface area (Å²) < 4.78 is 28.2. The number of rotatable bonds is 5. The number of benzene rings is 2. The van der Waals surface area contributed by atoms with Crippen LogP contribution in [0.4, 0.5) is 5.69 Å². The van der Waals surface area contributed by atoms with E-state index >= 15 is 0 Å². The third-order valence-corrected chi connectivity index (χ3v) is 5.93. The van der Waals surface area contributed by atoms with Crippen molar-refractivity contribution in [3.05, 3.63) is 82.9 Å². The molecule has 0 radical (unpaired) electrons. The molecule has 0 saturated carbocycles. The normalized spacial score (nSPS) is 11.9. The van der Waals surface area contributed by atoms with Crippen molar-refractivity contribution in [1.82, 2.24) is 9.97 Å². The Bertz CT molecular complexity index is 1140. The highest BCUT2D eigenvalue weighted by atomic mass is 35.5. The highest BCUT2D eigenvalue weighted by molar-refractivity contribution is 7.92. The molecule has 1 aromatic heterocycles. The molecule has 8 heteroatoms. The first-order valence-corrected chi connectivity index (χ1v) is 10.7. The molecule has 0 aliphatic rings. The van der Waals surface area contributed by atoms with E-state index in [1.807, 2.05) is 20.8 Å². The van der Waals surface area contributed by atoms with E-state index in [9.17, 15) is 13.2 Å². The van der Waals surface area contributed by atoms with Gasteiger partial charge in [-0.05, 0) is 47.4 Å². The van der Waals surface area contributed by atoms with Crippen LogP contribution in [0.3, 0.4) is 0 Å². The molecule has 0 bridgehead atoms. The van der Waals surface area contributed by atoms with Crippen molar-refractivity contribution in [2.45, 2.75) is 31.1 Å². The fraction of sp³-hybridized carbons (Fsp3) is 0.190. The standard InChI is InChI=1S/C21H20ClN3O3S/c1-21(2,3)14-4-7-16(8-5-14)29(27,28)25-18-9-6-15(22)12-17(18)20(26)19-10-11-23-13-24-19/h4-13,25H,1-3H3. The summed E-state index contributed by atoms with van der Waals surface area (Å²) in [6.07, 6.45) is 2.68. The maximum Gasteiger partial charge on any atom is 0.261 e. The second kappa shape index (κ2) is 7.93. The molecule has 6 nitrogen and oxygen atoms in total. The third-order valence-electron chi connectivity index (χ3n) is 4.32. The molecule has 0 atom stereocenters. The van der Waals surface area contributed by atoms with Crippen molar-refractivity contribution in [3.63, 3.8) is 0 Å². The molecule has 150 valence electrons. The summed E-state index contributed by atoms with van der Waals surface area (Å²) >= 11 is 6.03. The van der Waals surface area contributed by atoms with Crippen LogP contribution < -0.4 is 4.72 Å². The van der Waals surface area contributed by atoms with Gasteiger partial charge in [-0.1, -0.05) is 44.5 Å². The monoisotopic (exact) mass is 429 g/mol. The van der Waals surface area contributed by atoms with E-state index < -0.39 is 15.8 Å². The van der Waals surface area contributed by atoms with Crippen molar-refractivity contribution in [3.8, 4) is 0 Å². The van der Waals surface area contributed by atoms with E-state index in [1.54, 1.807) is 24.3 Å². The minimum absolute atomic E-state index is 0.0942. The number of carbonyl (C=O) groups is 1. The zero-order chi connectivity index (χ0) is 21.2. The molecular weight excluding hydrogens is 410 g/mol. The number of ketones is 1. The van der Waals surface area contributed by atoms with Gasteiger partial charge < -0.3 is 0 Å². The highest BCUT2D eigenvalue weighted by Gasteiger charge is 2.22. The molecule has 2 aromatic carbocycles. The molecule has 0 unspecified atom stereocenters. The largest absolute Gasteiger partial charge is 0.287 e. The Labute approximate surface area is 175 Å². The minimum atomic E-state index is -3.90. The summed E-state index contributed by atoms with van der Waals surface area (Å²) in [6, 6.07) is 12.5. The van der Waals surface area contributed by atoms with Gasteiger partial charge in [0.25, 0.3) is 10.0 Å².